The Hall–Kier alpha value is -2.63. The van der Waals surface area contributed by atoms with Crippen molar-refractivity contribution in [2.45, 2.75) is 25.4 Å². The molecule has 9 heteroatoms. The fraction of sp³-hybridized carbons (Fsp3) is 0.400. The number of anilines is 1. The highest BCUT2D eigenvalue weighted by Gasteiger charge is 2.35. The van der Waals surface area contributed by atoms with Crippen molar-refractivity contribution in [2.75, 3.05) is 18.4 Å². The molecule has 0 saturated carbocycles. The van der Waals surface area contributed by atoms with E-state index in [9.17, 15) is 27.2 Å². The van der Waals surface area contributed by atoms with E-state index in [1.165, 1.54) is 0 Å². The van der Waals surface area contributed by atoms with Gasteiger partial charge >= 0.3 is 6.18 Å². The van der Waals surface area contributed by atoms with Gasteiger partial charge < -0.3 is 5.32 Å². The Labute approximate surface area is 134 Å². The summed E-state index contributed by atoms with van der Waals surface area (Å²) in [5.74, 6) is -2.07. The summed E-state index contributed by atoms with van der Waals surface area (Å²) in [6, 6.07) is 2.69. The molecular formula is C15H13F4N3O2. The first-order valence-corrected chi connectivity index (χ1v) is 7.12. The van der Waals surface area contributed by atoms with Crippen LogP contribution in [0.4, 0.5) is 23.2 Å². The summed E-state index contributed by atoms with van der Waals surface area (Å²) in [5, 5.41) is 11.5. The van der Waals surface area contributed by atoms with Crippen molar-refractivity contribution in [3.8, 4) is 6.07 Å². The SMILES string of the molecule is N#Cc1cc(F)c(C(F)(F)F)cc1NCCCN1C(=O)CCC1=O. The third-order valence-electron chi connectivity index (χ3n) is 3.56. The van der Waals surface area contributed by atoms with Crippen molar-refractivity contribution in [1.29, 1.82) is 5.26 Å². The maximum atomic E-state index is 13.4. The number of nitrogens with zero attached hydrogens (tertiary/aromatic N) is 2. The molecule has 0 radical (unpaired) electrons. The Balaban J connectivity index is 2.03. The minimum Gasteiger partial charge on any atom is -0.384 e. The number of carbonyl (C=O) groups is 2. The van der Waals surface area contributed by atoms with Gasteiger partial charge in [0.2, 0.25) is 11.8 Å². The minimum absolute atomic E-state index is 0.120. The van der Waals surface area contributed by atoms with Crippen LogP contribution in [0, 0.1) is 17.1 Å². The molecule has 0 unspecified atom stereocenters. The Morgan fingerprint density at radius 1 is 1.21 bits per heavy atom. The van der Waals surface area contributed by atoms with E-state index in [0.717, 1.165) is 4.90 Å². The van der Waals surface area contributed by atoms with Gasteiger partial charge in [-0.1, -0.05) is 0 Å². The molecule has 24 heavy (non-hydrogen) atoms. The van der Waals surface area contributed by atoms with Gasteiger partial charge in [-0.2, -0.15) is 18.4 Å². The molecule has 1 saturated heterocycles. The summed E-state index contributed by atoms with van der Waals surface area (Å²) in [5.41, 5.74) is -1.87. The highest BCUT2D eigenvalue weighted by atomic mass is 19.4. The molecule has 2 amide bonds. The van der Waals surface area contributed by atoms with Crippen molar-refractivity contribution < 1.29 is 27.2 Å². The van der Waals surface area contributed by atoms with Crippen molar-refractivity contribution >= 4 is 17.5 Å². The lowest BCUT2D eigenvalue weighted by molar-refractivity contribution is -0.140. The van der Waals surface area contributed by atoms with Crippen LogP contribution < -0.4 is 5.32 Å². The van der Waals surface area contributed by atoms with Gasteiger partial charge in [0.1, 0.15) is 11.9 Å². The Morgan fingerprint density at radius 3 is 2.38 bits per heavy atom. The number of carbonyl (C=O) groups excluding carboxylic acids is 2. The minimum atomic E-state index is -4.87. The summed E-state index contributed by atoms with van der Waals surface area (Å²) < 4.78 is 51.5. The summed E-state index contributed by atoms with van der Waals surface area (Å²) in [6.45, 7) is 0.258. The van der Waals surface area contributed by atoms with Crippen molar-refractivity contribution in [3.63, 3.8) is 0 Å². The monoisotopic (exact) mass is 343 g/mol. The van der Waals surface area contributed by atoms with Crippen LogP contribution in [0.25, 0.3) is 0 Å². The lowest BCUT2D eigenvalue weighted by Gasteiger charge is -2.15. The molecule has 0 spiro atoms. The normalized spacial score (nSPS) is 14.9. The fourth-order valence-corrected chi connectivity index (χ4v) is 2.36. The lowest BCUT2D eigenvalue weighted by Crippen LogP contribution is -2.31. The topological polar surface area (TPSA) is 73.2 Å². The first kappa shape index (κ1) is 17.7. The molecule has 1 aliphatic heterocycles. The van der Waals surface area contributed by atoms with E-state index in [2.05, 4.69) is 5.32 Å². The molecule has 1 aliphatic rings. The van der Waals surface area contributed by atoms with Crippen LogP contribution in [-0.2, 0) is 15.8 Å². The lowest BCUT2D eigenvalue weighted by atomic mass is 10.1. The molecular weight excluding hydrogens is 330 g/mol. The molecule has 1 N–H and O–H groups in total. The molecule has 0 aromatic heterocycles. The van der Waals surface area contributed by atoms with Gasteiger partial charge in [0.05, 0.1) is 16.8 Å². The molecule has 128 valence electrons. The average Bonchev–Trinajstić information content (AvgIpc) is 2.82. The van der Waals surface area contributed by atoms with E-state index in [1.807, 2.05) is 0 Å². The number of likely N-dealkylation sites (tertiary alicyclic amines) is 1. The first-order chi connectivity index (χ1) is 11.2. The molecule has 1 heterocycles. The quantitative estimate of drug-likeness (QED) is 0.507. The third-order valence-corrected chi connectivity index (χ3v) is 3.56. The molecule has 2 rings (SSSR count). The van der Waals surface area contributed by atoms with Gasteiger partial charge in [-0.3, -0.25) is 14.5 Å². The largest absolute Gasteiger partial charge is 0.419 e. The van der Waals surface area contributed by atoms with Gasteiger partial charge in [-0.05, 0) is 18.6 Å². The van der Waals surface area contributed by atoms with Crippen molar-refractivity contribution in [3.05, 3.63) is 29.1 Å². The smallest absolute Gasteiger partial charge is 0.384 e. The van der Waals surface area contributed by atoms with Gasteiger partial charge in [0, 0.05) is 25.9 Å². The van der Waals surface area contributed by atoms with Crippen molar-refractivity contribution in [2.24, 2.45) is 0 Å². The summed E-state index contributed by atoms with van der Waals surface area (Å²) in [4.78, 5) is 23.9. The second kappa shape index (κ2) is 6.86. The Kier molecular flexibility index (Phi) is 5.07. The van der Waals surface area contributed by atoms with E-state index < -0.39 is 17.6 Å². The zero-order valence-electron chi connectivity index (χ0n) is 12.4. The van der Waals surface area contributed by atoms with Crippen molar-refractivity contribution in [1.82, 2.24) is 4.90 Å². The molecule has 0 bridgehead atoms. The van der Waals surface area contributed by atoms with Gasteiger partial charge in [-0.25, -0.2) is 4.39 Å². The standard InChI is InChI=1S/C15H13F4N3O2/c16-11-6-9(8-20)12(7-10(11)15(17,18)19)21-4-1-5-22-13(23)2-3-14(22)24/h6-7,21H,1-5H2. The Morgan fingerprint density at radius 2 is 1.83 bits per heavy atom. The van der Waals surface area contributed by atoms with E-state index in [0.29, 0.717) is 18.6 Å². The molecule has 0 aliphatic carbocycles. The maximum Gasteiger partial charge on any atom is 0.419 e. The zero-order valence-corrected chi connectivity index (χ0v) is 12.4. The highest BCUT2D eigenvalue weighted by Crippen LogP contribution is 2.34. The number of imide groups is 1. The number of rotatable bonds is 5. The van der Waals surface area contributed by atoms with Crippen LogP contribution in [0.3, 0.4) is 0 Å². The molecule has 1 fully saturated rings. The van der Waals surface area contributed by atoms with Crippen LogP contribution in [0.15, 0.2) is 12.1 Å². The number of hydrogen-bond donors (Lipinski definition) is 1. The third kappa shape index (κ3) is 3.82. The van der Waals surface area contributed by atoms with Crippen LogP contribution >= 0.6 is 0 Å². The van der Waals surface area contributed by atoms with Crippen LogP contribution in [0.5, 0.6) is 0 Å². The summed E-state index contributed by atoms with van der Waals surface area (Å²) >= 11 is 0. The number of nitrogens with one attached hydrogen (secondary N) is 1. The van der Waals surface area contributed by atoms with E-state index in [-0.39, 0.29) is 49.0 Å². The summed E-state index contributed by atoms with van der Waals surface area (Å²) in [7, 11) is 0. The van der Waals surface area contributed by atoms with Gasteiger partial charge in [0.15, 0.2) is 0 Å². The first-order valence-electron chi connectivity index (χ1n) is 7.12. The molecule has 5 nitrogen and oxygen atoms in total. The number of amides is 2. The van der Waals surface area contributed by atoms with E-state index in [4.69, 9.17) is 5.26 Å². The number of hydrogen-bond acceptors (Lipinski definition) is 4. The summed E-state index contributed by atoms with van der Waals surface area (Å²) in [6.07, 6.45) is -4.25. The molecule has 1 aromatic rings. The molecule has 0 atom stereocenters. The van der Waals surface area contributed by atoms with Gasteiger partial charge in [-0.15, -0.1) is 0 Å². The second-order valence-corrected chi connectivity index (χ2v) is 5.21. The number of benzene rings is 1. The number of nitriles is 1. The van der Waals surface area contributed by atoms with Crippen LogP contribution in [-0.4, -0.2) is 29.8 Å². The maximum absolute atomic E-state index is 13.4. The fourth-order valence-electron chi connectivity index (χ4n) is 2.36. The average molecular weight is 343 g/mol. The van der Waals surface area contributed by atoms with Crippen LogP contribution in [0.2, 0.25) is 0 Å². The van der Waals surface area contributed by atoms with E-state index in [1.54, 1.807) is 6.07 Å². The number of halogens is 4. The highest BCUT2D eigenvalue weighted by molar-refractivity contribution is 6.01. The van der Waals surface area contributed by atoms with Crippen LogP contribution in [0.1, 0.15) is 30.4 Å². The van der Waals surface area contributed by atoms with E-state index >= 15 is 0 Å². The van der Waals surface area contributed by atoms with Gasteiger partial charge in [0.25, 0.3) is 0 Å². The molecule has 1 aromatic carbocycles. The Bertz CT molecular complexity index is 694. The second-order valence-electron chi connectivity index (χ2n) is 5.21. The predicted octanol–water partition coefficient (Wildman–Crippen LogP) is 2.67. The predicted molar refractivity (Wildman–Crippen MR) is 75.2 cm³/mol. The zero-order chi connectivity index (χ0) is 17.9. The number of alkyl halides is 3.